The van der Waals surface area contributed by atoms with Crippen molar-refractivity contribution >= 4 is 5.69 Å². The summed E-state index contributed by atoms with van der Waals surface area (Å²) in [6.07, 6.45) is 5.28. The van der Waals surface area contributed by atoms with Gasteiger partial charge in [-0.05, 0) is 22.8 Å². The minimum absolute atomic E-state index is 0.0836. The number of imidazole rings is 1. The SMILES string of the molecule is NCc1ccccc1-c1cc(Cn2ccnc2)ccc1[N+](=O)[O-]. The summed E-state index contributed by atoms with van der Waals surface area (Å²) in [7, 11) is 0. The van der Waals surface area contributed by atoms with Crippen molar-refractivity contribution in [3.05, 3.63) is 82.4 Å². The lowest BCUT2D eigenvalue weighted by Gasteiger charge is -2.11. The number of hydrogen-bond donors (Lipinski definition) is 1. The molecule has 1 aromatic heterocycles. The average molecular weight is 308 g/mol. The van der Waals surface area contributed by atoms with Gasteiger partial charge in [0.15, 0.2) is 0 Å². The van der Waals surface area contributed by atoms with Crippen LogP contribution >= 0.6 is 0 Å². The predicted octanol–water partition coefficient (Wildman–Crippen LogP) is 2.97. The van der Waals surface area contributed by atoms with Gasteiger partial charge < -0.3 is 10.3 Å². The number of nitrogens with zero attached hydrogens (tertiary/aromatic N) is 3. The van der Waals surface area contributed by atoms with Gasteiger partial charge in [0, 0.05) is 31.5 Å². The summed E-state index contributed by atoms with van der Waals surface area (Å²) in [6.45, 7) is 0.939. The third-order valence-corrected chi connectivity index (χ3v) is 3.71. The summed E-state index contributed by atoms with van der Waals surface area (Å²) >= 11 is 0. The lowest BCUT2D eigenvalue weighted by molar-refractivity contribution is -0.384. The molecule has 2 N–H and O–H groups in total. The first-order chi connectivity index (χ1) is 11.2. The molecule has 0 radical (unpaired) electrons. The van der Waals surface area contributed by atoms with E-state index in [1.807, 2.05) is 41.1 Å². The van der Waals surface area contributed by atoms with E-state index >= 15 is 0 Å². The minimum atomic E-state index is -0.358. The summed E-state index contributed by atoms with van der Waals surface area (Å²) in [5, 5.41) is 11.4. The van der Waals surface area contributed by atoms with Crippen molar-refractivity contribution in [1.29, 1.82) is 0 Å². The van der Waals surface area contributed by atoms with Crippen LogP contribution in [0.25, 0.3) is 11.1 Å². The van der Waals surface area contributed by atoms with E-state index in [2.05, 4.69) is 4.98 Å². The van der Waals surface area contributed by atoms with Crippen LogP contribution in [0.3, 0.4) is 0 Å². The normalized spacial score (nSPS) is 10.7. The number of nitro groups is 1. The molecule has 6 heteroatoms. The fourth-order valence-electron chi connectivity index (χ4n) is 2.61. The van der Waals surface area contributed by atoms with Gasteiger partial charge in [0.25, 0.3) is 5.69 Å². The van der Waals surface area contributed by atoms with E-state index < -0.39 is 0 Å². The molecular formula is C17H16N4O2. The number of nitrogens with two attached hydrogens (primary N) is 1. The number of aromatic nitrogens is 2. The second-order valence-corrected chi connectivity index (χ2v) is 5.20. The summed E-state index contributed by atoms with van der Waals surface area (Å²) < 4.78 is 1.92. The molecule has 0 saturated carbocycles. The lowest BCUT2D eigenvalue weighted by Crippen LogP contribution is -2.02. The maximum Gasteiger partial charge on any atom is 0.277 e. The van der Waals surface area contributed by atoms with Crippen LogP contribution in [0.4, 0.5) is 5.69 Å². The molecule has 0 bridgehead atoms. The second kappa shape index (κ2) is 6.41. The number of rotatable bonds is 5. The lowest BCUT2D eigenvalue weighted by atomic mass is 9.96. The molecule has 116 valence electrons. The zero-order valence-corrected chi connectivity index (χ0v) is 12.4. The van der Waals surface area contributed by atoms with Gasteiger partial charge in [-0.25, -0.2) is 4.98 Å². The molecule has 0 fully saturated rings. The van der Waals surface area contributed by atoms with Gasteiger partial charge in [-0.15, -0.1) is 0 Å². The van der Waals surface area contributed by atoms with E-state index in [9.17, 15) is 10.1 Å². The van der Waals surface area contributed by atoms with E-state index in [0.717, 1.165) is 16.7 Å². The first-order valence-corrected chi connectivity index (χ1v) is 7.20. The van der Waals surface area contributed by atoms with Gasteiger partial charge in [-0.3, -0.25) is 10.1 Å². The maximum atomic E-state index is 11.4. The molecule has 0 aliphatic carbocycles. The molecule has 0 amide bonds. The van der Waals surface area contributed by atoms with Gasteiger partial charge in [-0.1, -0.05) is 30.3 Å². The van der Waals surface area contributed by atoms with E-state index in [4.69, 9.17) is 5.73 Å². The Morgan fingerprint density at radius 2 is 2.00 bits per heavy atom. The quantitative estimate of drug-likeness (QED) is 0.580. The van der Waals surface area contributed by atoms with Crippen LogP contribution in [0.15, 0.2) is 61.2 Å². The van der Waals surface area contributed by atoms with Gasteiger partial charge in [0.05, 0.1) is 16.8 Å². The zero-order chi connectivity index (χ0) is 16.2. The Morgan fingerprint density at radius 1 is 1.17 bits per heavy atom. The predicted molar refractivity (Wildman–Crippen MR) is 87.8 cm³/mol. The highest BCUT2D eigenvalue weighted by Gasteiger charge is 2.17. The number of hydrogen-bond acceptors (Lipinski definition) is 4. The van der Waals surface area contributed by atoms with E-state index in [0.29, 0.717) is 18.7 Å². The van der Waals surface area contributed by atoms with Crippen LogP contribution in [0.1, 0.15) is 11.1 Å². The maximum absolute atomic E-state index is 11.4. The Balaban J connectivity index is 2.10. The Morgan fingerprint density at radius 3 is 2.70 bits per heavy atom. The molecule has 3 aromatic rings. The second-order valence-electron chi connectivity index (χ2n) is 5.20. The summed E-state index contributed by atoms with van der Waals surface area (Å²) in [5.41, 5.74) is 9.11. The molecule has 6 nitrogen and oxygen atoms in total. The summed E-state index contributed by atoms with van der Waals surface area (Å²) in [5.74, 6) is 0. The molecular weight excluding hydrogens is 292 g/mol. The molecule has 2 aromatic carbocycles. The molecule has 3 rings (SSSR count). The largest absolute Gasteiger partial charge is 0.333 e. The van der Waals surface area contributed by atoms with Crippen molar-refractivity contribution in [3.8, 4) is 11.1 Å². The molecule has 0 aliphatic rings. The van der Waals surface area contributed by atoms with Crippen LogP contribution < -0.4 is 5.73 Å². The first kappa shape index (κ1) is 14.9. The van der Waals surface area contributed by atoms with E-state index in [-0.39, 0.29) is 10.6 Å². The Bertz CT molecular complexity index is 828. The zero-order valence-electron chi connectivity index (χ0n) is 12.4. The van der Waals surface area contributed by atoms with Crippen LogP contribution in [0.2, 0.25) is 0 Å². The summed E-state index contributed by atoms with van der Waals surface area (Å²) in [4.78, 5) is 15.0. The molecule has 23 heavy (non-hydrogen) atoms. The molecule has 0 spiro atoms. The number of benzene rings is 2. The molecule has 0 aliphatic heterocycles. The highest BCUT2D eigenvalue weighted by Crippen LogP contribution is 2.33. The highest BCUT2D eigenvalue weighted by atomic mass is 16.6. The van der Waals surface area contributed by atoms with Gasteiger partial charge in [0.2, 0.25) is 0 Å². The van der Waals surface area contributed by atoms with Gasteiger partial charge in [-0.2, -0.15) is 0 Å². The Labute approximate surface area is 133 Å². The standard InChI is InChI=1S/C17H16N4O2/c18-10-14-3-1-2-4-15(14)16-9-13(5-6-17(16)21(22)23)11-20-8-7-19-12-20/h1-9,12H,10-11,18H2. The van der Waals surface area contributed by atoms with Crippen molar-refractivity contribution in [1.82, 2.24) is 9.55 Å². The molecule has 0 saturated heterocycles. The van der Waals surface area contributed by atoms with Crippen LogP contribution in [-0.4, -0.2) is 14.5 Å². The van der Waals surface area contributed by atoms with Crippen molar-refractivity contribution in [2.24, 2.45) is 5.73 Å². The summed E-state index contributed by atoms with van der Waals surface area (Å²) in [6, 6.07) is 12.7. The number of nitro benzene ring substituents is 1. The smallest absolute Gasteiger partial charge is 0.277 e. The third-order valence-electron chi connectivity index (χ3n) is 3.71. The third kappa shape index (κ3) is 3.12. The van der Waals surface area contributed by atoms with Gasteiger partial charge >= 0.3 is 0 Å². The Hall–Kier alpha value is -2.99. The average Bonchev–Trinajstić information content (AvgIpc) is 3.07. The topological polar surface area (TPSA) is 87.0 Å². The van der Waals surface area contributed by atoms with Crippen molar-refractivity contribution in [2.75, 3.05) is 0 Å². The van der Waals surface area contributed by atoms with Crippen molar-refractivity contribution in [3.63, 3.8) is 0 Å². The molecule has 1 heterocycles. The molecule has 0 unspecified atom stereocenters. The monoisotopic (exact) mass is 308 g/mol. The fourth-order valence-corrected chi connectivity index (χ4v) is 2.61. The van der Waals surface area contributed by atoms with Crippen molar-refractivity contribution < 1.29 is 4.92 Å². The van der Waals surface area contributed by atoms with E-state index in [1.54, 1.807) is 24.7 Å². The fraction of sp³-hybridized carbons (Fsp3) is 0.118. The minimum Gasteiger partial charge on any atom is -0.333 e. The van der Waals surface area contributed by atoms with Crippen molar-refractivity contribution in [2.45, 2.75) is 13.1 Å². The van der Waals surface area contributed by atoms with E-state index in [1.165, 1.54) is 0 Å². The van der Waals surface area contributed by atoms with Crippen LogP contribution in [0, 0.1) is 10.1 Å². The van der Waals surface area contributed by atoms with Gasteiger partial charge in [0.1, 0.15) is 0 Å². The Kier molecular flexibility index (Phi) is 4.16. The molecule has 0 atom stereocenters. The van der Waals surface area contributed by atoms with Crippen LogP contribution in [-0.2, 0) is 13.1 Å². The van der Waals surface area contributed by atoms with Crippen LogP contribution in [0.5, 0.6) is 0 Å². The first-order valence-electron chi connectivity index (χ1n) is 7.20. The highest BCUT2D eigenvalue weighted by molar-refractivity contribution is 5.76.